The Balaban J connectivity index is -0.000000286. The van der Waals surface area contributed by atoms with E-state index in [2.05, 4.69) is 95.2 Å². The first-order valence-electron chi connectivity index (χ1n) is 40.9. The molecule has 1 aliphatic heterocycles. The van der Waals surface area contributed by atoms with Crippen LogP contribution in [0.4, 0.5) is 0 Å². The topological polar surface area (TPSA) is 681 Å². The minimum absolute atomic E-state index is 0. The van der Waals surface area contributed by atoms with Crippen molar-refractivity contribution in [2.45, 2.75) is 195 Å². The van der Waals surface area contributed by atoms with Gasteiger partial charge < -0.3 is 113 Å². The van der Waals surface area contributed by atoms with Gasteiger partial charge in [0.1, 0.15) is 80.8 Å². The number of halogens is 3. The second-order valence-electron chi connectivity index (χ2n) is 27.5. The van der Waals surface area contributed by atoms with Gasteiger partial charge >= 0.3 is 107 Å². The molecule has 1 saturated carbocycles. The average molecular weight is 2080 g/mol. The molecule has 2 aliphatic rings. The van der Waals surface area contributed by atoms with Gasteiger partial charge in [0.05, 0.1) is 108 Å². The number of benzene rings is 3. The number of carbonyl (C=O) groups is 18. The third-order valence-corrected chi connectivity index (χ3v) is 15.1. The maximum atomic E-state index is 11.6. The summed E-state index contributed by atoms with van der Waals surface area (Å²) in [6.07, 6.45) is 6.54. The van der Waals surface area contributed by atoms with Gasteiger partial charge in [0.15, 0.2) is 0 Å². The Morgan fingerprint density at radius 2 is 0.640 bits per heavy atom. The normalized spacial score (nSPS) is 13.2. The first-order chi connectivity index (χ1) is 64.5. The van der Waals surface area contributed by atoms with Crippen LogP contribution in [0, 0.1) is 11.8 Å². The van der Waals surface area contributed by atoms with Crippen LogP contribution in [0.1, 0.15) is 156 Å². The van der Waals surface area contributed by atoms with Gasteiger partial charge in [-0.05, 0) is 127 Å². The van der Waals surface area contributed by atoms with E-state index in [-0.39, 0.29) is 160 Å². The van der Waals surface area contributed by atoms with Crippen molar-refractivity contribution in [1.29, 1.82) is 0 Å². The molecule has 0 radical (unpaired) electrons. The molecule has 10 N–H and O–H groups in total. The molecular formula is C90H125Cl3O44S2. The van der Waals surface area contributed by atoms with Gasteiger partial charge in [-0.15, -0.1) is 0 Å². The van der Waals surface area contributed by atoms with Gasteiger partial charge in [-0.2, -0.15) is 0 Å². The molecule has 1 saturated heterocycles. The number of cyclic esters (lactones) is 2. The minimum atomic E-state index is -3.19. The molecule has 0 aromatic heterocycles. The highest BCUT2D eigenvalue weighted by atomic mass is 36.0. The zero-order valence-electron chi connectivity index (χ0n) is 76.9. The summed E-state index contributed by atoms with van der Waals surface area (Å²) in [5.41, 5.74) is 2.89. The van der Waals surface area contributed by atoms with E-state index < -0.39 is 162 Å². The number of aliphatic carboxylic acids is 4. The molecular weight excluding hydrogens is 1960 g/mol. The van der Waals surface area contributed by atoms with Gasteiger partial charge in [0.2, 0.25) is 18.3 Å². The number of phenols is 3. The fourth-order valence-corrected chi connectivity index (χ4v) is 8.50. The van der Waals surface area contributed by atoms with E-state index in [1.54, 1.807) is 100 Å². The lowest BCUT2D eigenvalue weighted by molar-refractivity contribution is -0.157. The summed E-state index contributed by atoms with van der Waals surface area (Å²) in [6.45, 7) is 28.7. The van der Waals surface area contributed by atoms with Crippen molar-refractivity contribution in [3.8, 4) is 17.2 Å². The number of ether oxygens (including phenoxy) is 13. The van der Waals surface area contributed by atoms with E-state index in [4.69, 9.17) is 88.1 Å². The molecule has 1 heterocycles. The molecule has 3 aromatic rings. The van der Waals surface area contributed by atoms with Crippen molar-refractivity contribution >= 4 is 158 Å². The second-order valence-corrected chi connectivity index (χ2v) is 33.1. The number of aromatic hydroxyl groups is 3. The fraction of sp³-hybridized carbons (Fsp3) is 0.467. The Morgan fingerprint density at radius 3 is 0.885 bits per heavy atom. The molecule has 782 valence electrons. The van der Waals surface area contributed by atoms with Crippen molar-refractivity contribution in [2.75, 3.05) is 65.7 Å². The van der Waals surface area contributed by atoms with Crippen LogP contribution in [0.15, 0.2) is 149 Å². The van der Waals surface area contributed by atoms with Crippen molar-refractivity contribution in [3.05, 3.63) is 165 Å². The Kier molecular flexibility index (Phi) is 86.6. The fourth-order valence-electron chi connectivity index (χ4n) is 8.50. The van der Waals surface area contributed by atoms with E-state index >= 15 is 0 Å². The largest absolute Gasteiger partial charge is 0.508 e. The number of rotatable bonds is 44. The number of aliphatic hydroxyl groups is 3. The van der Waals surface area contributed by atoms with Crippen LogP contribution < -0.4 is 0 Å². The van der Waals surface area contributed by atoms with Crippen LogP contribution in [0.25, 0.3) is 0 Å². The summed E-state index contributed by atoms with van der Waals surface area (Å²) < 4.78 is 89.3. The number of carboxylic acids is 4. The van der Waals surface area contributed by atoms with E-state index in [0.717, 1.165) is 59.4 Å². The predicted octanol–water partition coefficient (Wildman–Crippen LogP) is 8.66. The number of hydrogen-bond donors (Lipinski definition) is 10. The van der Waals surface area contributed by atoms with Gasteiger partial charge in [-0.25, -0.2) is 41.4 Å². The maximum Gasteiger partial charge on any atom is 0.330 e. The first kappa shape index (κ1) is 139. The van der Waals surface area contributed by atoms with Gasteiger partial charge in [-0.1, -0.05) is 83.3 Å². The highest BCUT2D eigenvalue weighted by molar-refractivity contribution is 8.26. The minimum Gasteiger partial charge on any atom is -0.508 e. The Hall–Kier alpha value is -13.0. The van der Waals surface area contributed by atoms with E-state index in [9.17, 15) is 99.8 Å². The maximum absolute atomic E-state index is 11.6. The SMILES string of the molecule is C.C=CC(=O)OC(C)CO.C=CC(=O)OC(C)COC(=O)CCC(=O)O.C=CC(=O)OC(C)COC(=O)CCC(=O)OCCc1ccc(O)cc1.C=CC(=O)OCC(C)O.C=CC(=O)OCC(C)OC(=O)CCC(=O)O.C=CC(=O)OCC(C)OC(=O)CCC(=O)OCCc1ccc(O)cc1.CS(=O)(=O)Cl.O=C(O)C1CCC(C(=O)O)CC1.O=C1CCC(=O)O1.O=S(Cl)Cl.OCCc1ccc(O)cc1. The number of carbonyl (C=O) groups excluding carboxylic acids is 14. The van der Waals surface area contributed by atoms with Crippen LogP contribution >= 0.6 is 32.0 Å². The first-order valence-corrected chi connectivity index (χ1v) is 46.4. The van der Waals surface area contributed by atoms with Crippen LogP contribution in [-0.2, 0) is 185 Å². The summed E-state index contributed by atoms with van der Waals surface area (Å²) >= 11 is 0. The van der Waals surface area contributed by atoms with Crippen LogP contribution in [0.2, 0.25) is 0 Å². The van der Waals surface area contributed by atoms with Crippen LogP contribution in [0.3, 0.4) is 0 Å². The summed E-state index contributed by atoms with van der Waals surface area (Å²) in [7, 11) is 8.67. The highest BCUT2D eigenvalue weighted by Gasteiger charge is 2.30. The number of hydrogen-bond acceptors (Lipinski definition) is 40. The lowest BCUT2D eigenvalue weighted by Crippen LogP contribution is -2.25. The van der Waals surface area contributed by atoms with E-state index in [1.165, 1.54) is 13.8 Å². The molecule has 0 bridgehead atoms. The van der Waals surface area contributed by atoms with Gasteiger partial charge in [0, 0.05) is 88.0 Å². The van der Waals surface area contributed by atoms with Gasteiger partial charge in [0.25, 0.3) is 0 Å². The average Bonchev–Trinajstić information content (AvgIpc) is 1.56. The summed E-state index contributed by atoms with van der Waals surface area (Å²) in [4.78, 5) is 193. The molecule has 6 unspecified atom stereocenters. The third kappa shape index (κ3) is 99.3. The molecule has 49 heteroatoms. The number of carboxylic acid groups (broad SMARTS) is 4. The Bertz CT molecular complexity index is 4350. The standard InChI is InChI=1S/2C18H22O7.2C10H14O6.C8H12O4.C8H10O2.2C6H10O3.C4H4O3.CH3ClO2S.CH4.Cl2OS/c1-3-16(20)25-13(2)12-24-18(22)9-8-17(21)23-11-10-14-4-6-15(19)7-5-14;1-3-16(20)24-12-13(2)25-18(22)9-8-17(21)23-11-10-14-4-6-15(19)7-5-14;1-3-9(13)16-7(2)6-15-10(14)5-4-8(11)12;1-3-9(13)15-6-7(2)16-10(14)5-4-8(11)12;9-7(10)5-1-2-6(4-3-5)8(11)12;9-6-5-7-1-3-8(10)4-2-7;1-3-6(8)9-4-5(2)7;1-3-6(8)9-5(2)4-7;5-3-1-2-4(6)7-3;1-5(2,3)4;;1-4(2)3/h2*3-7,13,19H,1,8-12H2,2H3;2*3,7H,1,4-6H2,2H3,(H,11,12);5-6H,1-4H2,(H,9,10)(H,11,12);1-4,9-10H,5-6H2;2*3,5,7H,1,4H2,2H3;1-2H2;1H3;1H4;. The lowest BCUT2D eigenvalue weighted by Gasteiger charge is -2.22. The second kappa shape index (κ2) is 86.6. The van der Waals surface area contributed by atoms with Crippen molar-refractivity contribution < 1.29 is 212 Å². The molecule has 0 spiro atoms. The quantitative estimate of drug-likeness (QED) is 0.00831. The van der Waals surface area contributed by atoms with Crippen LogP contribution in [-0.4, -0.2) is 273 Å². The molecule has 1 aliphatic carbocycles. The monoisotopic (exact) mass is 2080 g/mol. The molecule has 2 fully saturated rings. The lowest BCUT2D eigenvalue weighted by atomic mass is 9.82. The highest BCUT2D eigenvalue weighted by Crippen LogP contribution is 2.29. The molecule has 3 aromatic carbocycles. The number of phenolic OH excluding ortho intramolecular Hbond substituents is 3. The van der Waals surface area contributed by atoms with E-state index in [0.29, 0.717) is 44.9 Å². The Labute approximate surface area is 819 Å². The summed E-state index contributed by atoms with van der Waals surface area (Å²) in [6, 6.07) is 20.0. The molecule has 139 heavy (non-hydrogen) atoms. The van der Waals surface area contributed by atoms with Crippen molar-refractivity contribution in [1.82, 2.24) is 0 Å². The van der Waals surface area contributed by atoms with Gasteiger partial charge in [-0.3, -0.25) is 57.5 Å². The molecule has 44 nitrogen and oxygen atoms in total. The zero-order chi connectivity index (χ0) is 107. The zero-order valence-corrected chi connectivity index (χ0v) is 80.8. The molecule has 6 atom stereocenters. The predicted molar refractivity (Wildman–Crippen MR) is 497 cm³/mol. The summed E-state index contributed by atoms with van der Waals surface area (Å²) in [5.74, 6) is -11.4. The Morgan fingerprint density at radius 1 is 0.403 bits per heavy atom. The number of esters is 14. The van der Waals surface area contributed by atoms with E-state index in [1.807, 2.05) is 0 Å². The van der Waals surface area contributed by atoms with Crippen LogP contribution in [0.5, 0.6) is 17.2 Å². The summed E-state index contributed by atoms with van der Waals surface area (Å²) in [5, 5.41) is 86.5. The smallest absolute Gasteiger partial charge is 0.330 e. The molecule has 5 rings (SSSR count). The third-order valence-electron chi connectivity index (χ3n) is 15.1. The van der Waals surface area contributed by atoms with Crippen molar-refractivity contribution in [2.24, 2.45) is 11.8 Å². The number of aliphatic hydroxyl groups excluding tert-OH is 3. The van der Waals surface area contributed by atoms with Crippen molar-refractivity contribution in [3.63, 3.8) is 0 Å². The molecule has 0 amide bonds.